The van der Waals surface area contributed by atoms with Gasteiger partial charge in [-0.1, -0.05) is 13.3 Å². The van der Waals surface area contributed by atoms with Gasteiger partial charge in [0.15, 0.2) is 0 Å². The predicted molar refractivity (Wildman–Crippen MR) is 72.6 cm³/mol. The van der Waals surface area contributed by atoms with Gasteiger partial charge in [0.25, 0.3) is 0 Å². The van der Waals surface area contributed by atoms with Crippen LogP contribution in [0.2, 0.25) is 0 Å². The largest absolute Gasteiger partial charge is 0.351 e. The number of aryl methyl sites for hydroxylation is 1. The number of anilines is 1. The van der Waals surface area contributed by atoms with E-state index in [1.165, 1.54) is 43.4 Å². The molecular formula is C14H22N4. The van der Waals surface area contributed by atoms with E-state index >= 15 is 0 Å². The van der Waals surface area contributed by atoms with Crippen molar-refractivity contribution >= 4 is 5.95 Å². The summed E-state index contributed by atoms with van der Waals surface area (Å²) in [4.78, 5) is 9.21. The molecule has 3 rings (SSSR count). The minimum atomic E-state index is 0.447. The lowest BCUT2D eigenvalue weighted by Gasteiger charge is -2.18. The van der Waals surface area contributed by atoms with Gasteiger partial charge in [0.1, 0.15) is 0 Å². The zero-order chi connectivity index (χ0) is 12.4. The fraction of sp³-hybridized carbons (Fsp3) is 0.714. The Morgan fingerprint density at radius 1 is 1.28 bits per heavy atom. The number of aromatic nitrogens is 2. The van der Waals surface area contributed by atoms with E-state index in [4.69, 9.17) is 4.98 Å². The minimum absolute atomic E-state index is 0.447. The normalized spacial score (nSPS) is 23.3. The smallest absolute Gasteiger partial charge is 0.223 e. The van der Waals surface area contributed by atoms with E-state index in [1.807, 2.05) is 6.20 Å². The molecule has 0 aliphatic heterocycles. The first-order valence-corrected chi connectivity index (χ1v) is 7.22. The van der Waals surface area contributed by atoms with Crippen molar-refractivity contribution in [3.63, 3.8) is 0 Å². The summed E-state index contributed by atoms with van der Waals surface area (Å²) in [6.45, 7) is 3.17. The molecule has 2 N–H and O–H groups in total. The Hall–Kier alpha value is -1.16. The van der Waals surface area contributed by atoms with Crippen LogP contribution >= 0.6 is 0 Å². The molecule has 1 saturated carbocycles. The van der Waals surface area contributed by atoms with Crippen molar-refractivity contribution < 1.29 is 0 Å². The Morgan fingerprint density at radius 3 is 2.94 bits per heavy atom. The highest BCUT2D eigenvalue weighted by Crippen LogP contribution is 2.29. The molecule has 1 aromatic rings. The molecule has 2 aliphatic rings. The first-order valence-electron chi connectivity index (χ1n) is 7.22. The fourth-order valence-electron chi connectivity index (χ4n) is 2.65. The summed E-state index contributed by atoms with van der Waals surface area (Å²) >= 11 is 0. The zero-order valence-corrected chi connectivity index (χ0v) is 11.1. The molecule has 2 aliphatic carbocycles. The van der Waals surface area contributed by atoms with Crippen molar-refractivity contribution in [1.29, 1.82) is 0 Å². The average Bonchev–Trinajstić information content (AvgIpc) is 3.18. The van der Waals surface area contributed by atoms with Gasteiger partial charge in [0.2, 0.25) is 5.95 Å². The first kappa shape index (κ1) is 11.9. The van der Waals surface area contributed by atoms with Crippen LogP contribution < -0.4 is 10.6 Å². The Kier molecular flexibility index (Phi) is 3.46. The highest BCUT2D eigenvalue weighted by atomic mass is 15.1. The van der Waals surface area contributed by atoms with Gasteiger partial charge in [-0.25, -0.2) is 9.97 Å². The van der Waals surface area contributed by atoms with Crippen LogP contribution in [0.3, 0.4) is 0 Å². The van der Waals surface area contributed by atoms with Crippen molar-refractivity contribution in [2.75, 3.05) is 11.9 Å². The van der Waals surface area contributed by atoms with E-state index < -0.39 is 0 Å². The molecule has 0 saturated heterocycles. The van der Waals surface area contributed by atoms with Gasteiger partial charge in [-0.15, -0.1) is 0 Å². The van der Waals surface area contributed by atoms with Crippen LogP contribution in [-0.2, 0) is 6.42 Å². The maximum atomic E-state index is 4.72. The molecular weight excluding hydrogens is 224 g/mol. The van der Waals surface area contributed by atoms with Crippen LogP contribution in [0.15, 0.2) is 6.20 Å². The molecule has 4 nitrogen and oxygen atoms in total. The van der Waals surface area contributed by atoms with Crippen molar-refractivity contribution in [2.45, 2.75) is 57.5 Å². The summed E-state index contributed by atoms with van der Waals surface area (Å²) < 4.78 is 0. The van der Waals surface area contributed by atoms with E-state index in [0.717, 1.165) is 18.9 Å². The lowest BCUT2D eigenvalue weighted by Crippen LogP contribution is -2.22. The van der Waals surface area contributed by atoms with Crippen molar-refractivity contribution in [3.8, 4) is 0 Å². The molecule has 1 aromatic heterocycles. The van der Waals surface area contributed by atoms with Crippen molar-refractivity contribution in [3.05, 3.63) is 17.5 Å². The molecule has 1 fully saturated rings. The highest BCUT2D eigenvalue weighted by molar-refractivity contribution is 5.34. The summed E-state index contributed by atoms with van der Waals surface area (Å²) in [6.07, 6.45) is 9.39. The molecule has 18 heavy (non-hydrogen) atoms. The average molecular weight is 246 g/mol. The number of fused-ring (bicyclic) bond motifs is 1. The predicted octanol–water partition coefficient (Wildman–Crippen LogP) is 2.43. The molecule has 4 heteroatoms. The van der Waals surface area contributed by atoms with Gasteiger partial charge in [0.05, 0.1) is 5.69 Å². The summed E-state index contributed by atoms with van der Waals surface area (Å²) in [6, 6.07) is 1.07. The quantitative estimate of drug-likeness (QED) is 0.801. The SMILES string of the molecule is CCNC1CCCCc2nc(NC3CC3)ncc21. The third-order valence-corrected chi connectivity index (χ3v) is 3.79. The van der Waals surface area contributed by atoms with Crippen molar-refractivity contribution in [1.82, 2.24) is 15.3 Å². The van der Waals surface area contributed by atoms with Gasteiger partial charge in [-0.05, 0) is 38.6 Å². The number of nitrogens with one attached hydrogen (secondary N) is 2. The Balaban J connectivity index is 1.83. The second-order valence-electron chi connectivity index (χ2n) is 5.37. The summed E-state index contributed by atoms with van der Waals surface area (Å²) in [7, 11) is 0. The standard InChI is InChI=1S/C14H22N4/c1-2-15-12-5-3-4-6-13-11(12)9-16-14(18-13)17-10-7-8-10/h9-10,12,15H,2-8H2,1H3,(H,16,17,18). The van der Waals surface area contributed by atoms with Crippen LogP contribution in [0, 0.1) is 0 Å². The van der Waals surface area contributed by atoms with Crippen LogP contribution in [0.4, 0.5) is 5.95 Å². The molecule has 1 heterocycles. The fourth-order valence-corrected chi connectivity index (χ4v) is 2.65. The van der Waals surface area contributed by atoms with E-state index in [2.05, 4.69) is 22.5 Å². The lowest BCUT2D eigenvalue weighted by molar-refractivity contribution is 0.502. The van der Waals surface area contributed by atoms with Crippen LogP contribution in [0.1, 0.15) is 56.3 Å². The number of nitrogens with zero attached hydrogens (tertiary/aromatic N) is 2. The number of hydrogen-bond acceptors (Lipinski definition) is 4. The van der Waals surface area contributed by atoms with Gasteiger partial charge in [0, 0.05) is 23.8 Å². The second-order valence-corrected chi connectivity index (χ2v) is 5.37. The third-order valence-electron chi connectivity index (χ3n) is 3.79. The first-order chi connectivity index (χ1) is 8.86. The minimum Gasteiger partial charge on any atom is -0.351 e. The highest BCUT2D eigenvalue weighted by Gasteiger charge is 2.24. The molecule has 1 unspecified atom stereocenters. The summed E-state index contributed by atoms with van der Waals surface area (Å²) in [5.74, 6) is 0.827. The maximum absolute atomic E-state index is 4.72. The van der Waals surface area contributed by atoms with E-state index in [9.17, 15) is 0 Å². The van der Waals surface area contributed by atoms with Crippen LogP contribution in [0.25, 0.3) is 0 Å². The van der Waals surface area contributed by atoms with Gasteiger partial charge >= 0.3 is 0 Å². The Bertz CT molecular complexity index is 414. The Morgan fingerprint density at radius 2 is 2.17 bits per heavy atom. The molecule has 0 radical (unpaired) electrons. The number of hydrogen-bond donors (Lipinski definition) is 2. The monoisotopic (exact) mass is 246 g/mol. The summed E-state index contributed by atoms with van der Waals surface area (Å²) in [5, 5.41) is 6.94. The van der Waals surface area contributed by atoms with Crippen LogP contribution in [0.5, 0.6) is 0 Å². The maximum Gasteiger partial charge on any atom is 0.223 e. The van der Waals surface area contributed by atoms with Gasteiger partial charge < -0.3 is 10.6 Å². The zero-order valence-electron chi connectivity index (χ0n) is 11.1. The third kappa shape index (κ3) is 2.64. The number of rotatable bonds is 4. The topological polar surface area (TPSA) is 49.8 Å². The molecule has 0 amide bonds. The Labute approximate surface area is 109 Å². The van der Waals surface area contributed by atoms with Crippen molar-refractivity contribution in [2.24, 2.45) is 0 Å². The molecule has 0 spiro atoms. The van der Waals surface area contributed by atoms with E-state index in [1.54, 1.807) is 0 Å². The van der Waals surface area contributed by atoms with Crippen LogP contribution in [-0.4, -0.2) is 22.6 Å². The molecule has 0 aromatic carbocycles. The molecule has 0 bridgehead atoms. The van der Waals surface area contributed by atoms with Gasteiger partial charge in [-0.2, -0.15) is 0 Å². The molecule has 1 atom stereocenters. The molecule has 98 valence electrons. The lowest BCUT2D eigenvalue weighted by atomic mass is 10.1. The second kappa shape index (κ2) is 5.22. The van der Waals surface area contributed by atoms with E-state index in [-0.39, 0.29) is 0 Å². The van der Waals surface area contributed by atoms with E-state index in [0.29, 0.717) is 12.1 Å². The van der Waals surface area contributed by atoms with Gasteiger partial charge in [-0.3, -0.25) is 0 Å². The summed E-state index contributed by atoms with van der Waals surface area (Å²) in [5.41, 5.74) is 2.56.